The Morgan fingerprint density at radius 3 is 2.93 bits per heavy atom. The van der Waals surface area contributed by atoms with Crippen LogP contribution in [0.15, 0.2) is 0 Å². The van der Waals surface area contributed by atoms with Crippen LogP contribution in [0.2, 0.25) is 0 Å². The minimum absolute atomic E-state index is 0.462. The van der Waals surface area contributed by atoms with Crippen LogP contribution in [0, 0.1) is 5.41 Å². The number of rotatable bonds is 3. The van der Waals surface area contributed by atoms with E-state index in [2.05, 4.69) is 33.7 Å². The van der Waals surface area contributed by atoms with E-state index < -0.39 is 0 Å². The molecule has 1 saturated heterocycles. The van der Waals surface area contributed by atoms with E-state index in [9.17, 15) is 0 Å². The van der Waals surface area contributed by atoms with Gasteiger partial charge in [-0.1, -0.05) is 18.3 Å². The maximum atomic E-state index is 4.16. The second-order valence-corrected chi connectivity index (χ2v) is 5.68. The van der Waals surface area contributed by atoms with Crippen molar-refractivity contribution in [1.82, 2.24) is 14.5 Å². The summed E-state index contributed by atoms with van der Waals surface area (Å²) in [7, 11) is 1.92. The molecule has 1 aliphatic rings. The Kier molecular flexibility index (Phi) is 2.93. The molecule has 0 radical (unpaired) electrons. The summed E-state index contributed by atoms with van der Waals surface area (Å²) in [4.78, 5) is 2.46. The first kappa shape index (κ1) is 10.8. The Morgan fingerprint density at radius 2 is 2.33 bits per heavy atom. The maximum absolute atomic E-state index is 4.16. The Bertz CT molecular complexity index is 334. The Morgan fingerprint density at radius 1 is 1.53 bits per heavy atom. The van der Waals surface area contributed by atoms with E-state index in [1.165, 1.54) is 24.5 Å². The van der Waals surface area contributed by atoms with Crippen molar-refractivity contribution in [2.45, 2.75) is 26.8 Å². The second kappa shape index (κ2) is 4.06. The van der Waals surface area contributed by atoms with Gasteiger partial charge in [-0.05, 0) is 18.4 Å². The Labute approximate surface area is 94.8 Å². The highest BCUT2D eigenvalue weighted by Crippen LogP contribution is 2.30. The van der Waals surface area contributed by atoms with Crippen molar-refractivity contribution in [3.63, 3.8) is 0 Å². The fourth-order valence-corrected chi connectivity index (χ4v) is 2.60. The van der Waals surface area contributed by atoms with Gasteiger partial charge in [0, 0.05) is 31.7 Å². The molecule has 1 aromatic heterocycles. The van der Waals surface area contributed by atoms with Crippen LogP contribution in [0.3, 0.4) is 0 Å². The molecule has 0 saturated carbocycles. The summed E-state index contributed by atoms with van der Waals surface area (Å²) in [5.74, 6) is 0. The predicted octanol–water partition coefficient (Wildman–Crippen LogP) is 1.81. The molecule has 84 valence electrons. The molecular formula is C10H18N4S. The highest BCUT2D eigenvalue weighted by molar-refractivity contribution is 7.10. The lowest BCUT2D eigenvalue weighted by molar-refractivity contribution is 0.282. The lowest BCUT2D eigenvalue weighted by Gasteiger charge is -2.18. The number of nitrogens with one attached hydrogen (secondary N) is 1. The number of aromatic nitrogens is 2. The SMILES string of the molecule is CNc1snnc1CN1CCC(C)(C)C1. The second-order valence-electron chi connectivity index (χ2n) is 4.92. The number of nitrogens with zero attached hydrogens (tertiary/aromatic N) is 3. The lowest BCUT2D eigenvalue weighted by atomic mass is 9.93. The van der Waals surface area contributed by atoms with Gasteiger partial charge in [-0.25, -0.2) is 0 Å². The van der Waals surface area contributed by atoms with Crippen molar-refractivity contribution in [3.05, 3.63) is 5.69 Å². The van der Waals surface area contributed by atoms with E-state index in [4.69, 9.17) is 0 Å². The molecule has 1 N–H and O–H groups in total. The summed E-state index contributed by atoms with van der Waals surface area (Å²) in [6.45, 7) is 7.91. The first-order valence-electron chi connectivity index (χ1n) is 5.32. The van der Waals surface area contributed by atoms with Crippen molar-refractivity contribution in [2.24, 2.45) is 5.41 Å². The van der Waals surface area contributed by atoms with Crippen LogP contribution in [0.4, 0.5) is 5.00 Å². The zero-order valence-corrected chi connectivity index (χ0v) is 10.4. The molecule has 0 bridgehead atoms. The van der Waals surface area contributed by atoms with E-state index in [1.807, 2.05) is 7.05 Å². The zero-order valence-electron chi connectivity index (χ0n) is 9.58. The van der Waals surface area contributed by atoms with Gasteiger partial charge >= 0.3 is 0 Å². The molecule has 0 aliphatic carbocycles. The molecule has 2 heterocycles. The van der Waals surface area contributed by atoms with Crippen LogP contribution in [-0.4, -0.2) is 34.6 Å². The first-order valence-corrected chi connectivity index (χ1v) is 6.09. The van der Waals surface area contributed by atoms with E-state index in [1.54, 1.807) is 0 Å². The average molecular weight is 226 g/mol. The zero-order chi connectivity index (χ0) is 10.9. The highest BCUT2D eigenvalue weighted by atomic mass is 32.1. The Hall–Kier alpha value is -0.680. The number of anilines is 1. The minimum Gasteiger partial charge on any atom is -0.377 e. The molecule has 0 amide bonds. The van der Waals surface area contributed by atoms with E-state index in [-0.39, 0.29) is 0 Å². The summed E-state index contributed by atoms with van der Waals surface area (Å²) < 4.78 is 3.97. The topological polar surface area (TPSA) is 41.1 Å². The van der Waals surface area contributed by atoms with Gasteiger partial charge in [0.25, 0.3) is 0 Å². The predicted molar refractivity (Wildman–Crippen MR) is 63.1 cm³/mol. The number of hydrogen-bond donors (Lipinski definition) is 1. The number of hydrogen-bond acceptors (Lipinski definition) is 5. The quantitative estimate of drug-likeness (QED) is 0.853. The molecule has 2 rings (SSSR count). The van der Waals surface area contributed by atoms with Crippen LogP contribution in [-0.2, 0) is 6.54 Å². The van der Waals surface area contributed by atoms with Crippen LogP contribution in [0.25, 0.3) is 0 Å². The molecule has 1 aromatic rings. The van der Waals surface area contributed by atoms with Gasteiger partial charge in [-0.2, -0.15) is 0 Å². The summed E-state index contributed by atoms with van der Waals surface area (Å²) in [5.41, 5.74) is 1.55. The van der Waals surface area contributed by atoms with E-state index in [0.29, 0.717) is 5.41 Å². The largest absolute Gasteiger partial charge is 0.377 e. The Balaban J connectivity index is 1.98. The van der Waals surface area contributed by atoms with Crippen molar-refractivity contribution >= 4 is 16.5 Å². The molecule has 1 aliphatic heterocycles. The average Bonchev–Trinajstić information content (AvgIpc) is 2.73. The minimum atomic E-state index is 0.462. The third-order valence-electron chi connectivity index (χ3n) is 2.91. The van der Waals surface area contributed by atoms with Gasteiger partial charge in [0.2, 0.25) is 0 Å². The summed E-state index contributed by atoms with van der Waals surface area (Å²) in [6, 6.07) is 0. The molecular weight excluding hydrogens is 208 g/mol. The molecule has 15 heavy (non-hydrogen) atoms. The molecule has 0 atom stereocenters. The van der Waals surface area contributed by atoms with Gasteiger partial charge < -0.3 is 5.32 Å². The van der Waals surface area contributed by atoms with Gasteiger partial charge in [0.1, 0.15) is 10.7 Å². The van der Waals surface area contributed by atoms with Crippen molar-refractivity contribution in [1.29, 1.82) is 0 Å². The monoisotopic (exact) mass is 226 g/mol. The maximum Gasteiger partial charge on any atom is 0.134 e. The van der Waals surface area contributed by atoms with Gasteiger partial charge in [0.15, 0.2) is 0 Å². The van der Waals surface area contributed by atoms with Crippen LogP contribution in [0.5, 0.6) is 0 Å². The van der Waals surface area contributed by atoms with Crippen LogP contribution < -0.4 is 5.32 Å². The molecule has 5 heteroatoms. The summed E-state index contributed by atoms with van der Waals surface area (Å²) in [5, 5.41) is 8.40. The third-order valence-corrected chi connectivity index (χ3v) is 3.70. The molecule has 4 nitrogen and oxygen atoms in total. The van der Waals surface area contributed by atoms with Gasteiger partial charge in [-0.3, -0.25) is 4.90 Å². The highest BCUT2D eigenvalue weighted by Gasteiger charge is 2.29. The molecule has 1 fully saturated rings. The smallest absolute Gasteiger partial charge is 0.134 e. The fourth-order valence-electron chi connectivity index (χ4n) is 2.07. The standard InChI is InChI=1S/C10H18N4S/c1-10(2)4-5-14(7-10)6-8-9(11-3)15-13-12-8/h11H,4-7H2,1-3H3. The summed E-state index contributed by atoms with van der Waals surface area (Å²) >= 11 is 1.43. The van der Waals surface area contributed by atoms with Crippen molar-refractivity contribution in [2.75, 3.05) is 25.5 Å². The van der Waals surface area contributed by atoms with Crippen LogP contribution in [0.1, 0.15) is 26.0 Å². The normalized spacial score (nSPS) is 20.7. The van der Waals surface area contributed by atoms with Crippen molar-refractivity contribution in [3.8, 4) is 0 Å². The fraction of sp³-hybridized carbons (Fsp3) is 0.800. The van der Waals surface area contributed by atoms with Gasteiger partial charge in [0.05, 0.1) is 0 Å². The van der Waals surface area contributed by atoms with Crippen molar-refractivity contribution < 1.29 is 0 Å². The first-order chi connectivity index (χ1) is 7.11. The summed E-state index contributed by atoms with van der Waals surface area (Å²) in [6.07, 6.45) is 1.28. The number of likely N-dealkylation sites (tertiary alicyclic amines) is 1. The third kappa shape index (κ3) is 2.46. The van der Waals surface area contributed by atoms with E-state index in [0.717, 1.165) is 23.8 Å². The van der Waals surface area contributed by atoms with Crippen LogP contribution >= 0.6 is 11.5 Å². The van der Waals surface area contributed by atoms with Gasteiger partial charge in [-0.15, -0.1) is 5.10 Å². The lowest BCUT2D eigenvalue weighted by Crippen LogP contribution is -2.23. The molecule has 0 unspecified atom stereocenters. The molecule has 0 aromatic carbocycles. The molecule has 0 spiro atoms. The van der Waals surface area contributed by atoms with E-state index >= 15 is 0 Å².